The van der Waals surface area contributed by atoms with Crippen LogP contribution in [0.3, 0.4) is 0 Å². The SMILES string of the molecule is O=C1c2oc3ccc(Br)cc3c(=O)c2C(c2ccc(Cl)c(Cl)c2)N1CC1CCCO1. The Morgan fingerprint density at radius 1 is 1.10 bits per heavy atom. The lowest BCUT2D eigenvalue weighted by molar-refractivity contribution is 0.0486. The first kappa shape index (κ1) is 20.1. The van der Waals surface area contributed by atoms with Crippen molar-refractivity contribution in [1.82, 2.24) is 4.90 Å². The van der Waals surface area contributed by atoms with Gasteiger partial charge in [-0.05, 0) is 48.7 Å². The zero-order chi connectivity index (χ0) is 21.0. The van der Waals surface area contributed by atoms with Gasteiger partial charge in [0.25, 0.3) is 5.91 Å². The molecule has 30 heavy (non-hydrogen) atoms. The molecule has 0 N–H and O–H groups in total. The molecule has 154 valence electrons. The molecule has 2 aliphatic rings. The highest BCUT2D eigenvalue weighted by molar-refractivity contribution is 9.10. The van der Waals surface area contributed by atoms with Crippen LogP contribution < -0.4 is 5.43 Å². The lowest BCUT2D eigenvalue weighted by Crippen LogP contribution is -2.36. The quantitative estimate of drug-likeness (QED) is 0.463. The normalized spacial score (nSPS) is 20.9. The molecule has 3 heterocycles. The van der Waals surface area contributed by atoms with E-state index in [1.807, 2.05) is 0 Å². The largest absolute Gasteiger partial charge is 0.450 e. The highest BCUT2D eigenvalue weighted by Gasteiger charge is 2.44. The van der Waals surface area contributed by atoms with E-state index >= 15 is 0 Å². The Hall–Kier alpha value is -1.86. The molecular formula is C22H16BrCl2NO4. The van der Waals surface area contributed by atoms with Crippen molar-refractivity contribution in [1.29, 1.82) is 0 Å². The molecule has 0 spiro atoms. The zero-order valence-corrected chi connectivity index (χ0v) is 18.8. The number of benzene rings is 2. The molecule has 0 bridgehead atoms. The van der Waals surface area contributed by atoms with E-state index in [0.717, 1.165) is 17.3 Å². The van der Waals surface area contributed by atoms with Crippen molar-refractivity contribution in [3.05, 3.63) is 78.0 Å². The third-order valence-electron chi connectivity index (χ3n) is 5.61. The minimum atomic E-state index is -0.619. The average Bonchev–Trinajstić information content (AvgIpc) is 3.33. The van der Waals surface area contributed by atoms with Crippen LogP contribution in [0.2, 0.25) is 10.0 Å². The topological polar surface area (TPSA) is 59.8 Å². The van der Waals surface area contributed by atoms with Crippen molar-refractivity contribution in [3.8, 4) is 0 Å². The Labute approximate surface area is 190 Å². The molecule has 8 heteroatoms. The van der Waals surface area contributed by atoms with E-state index in [9.17, 15) is 9.59 Å². The van der Waals surface area contributed by atoms with Gasteiger partial charge in [-0.15, -0.1) is 0 Å². The average molecular weight is 509 g/mol. The first-order chi connectivity index (χ1) is 14.4. The van der Waals surface area contributed by atoms with Crippen LogP contribution in [-0.4, -0.2) is 30.1 Å². The van der Waals surface area contributed by atoms with Crippen LogP contribution in [0.15, 0.2) is 50.1 Å². The number of hydrogen-bond acceptors (Lipinski definition) is 4. The molecule has 2 aliphatic heterocycles. The van der Waals surface area contributed by atoms with E-state index in [2.05, 4.69) is 15.9 Å². The maximum absolute atomic E-state index is 13.5. The fourth-order valence-corrected chi connectivity index (χ4v) is 4.89. The summed E-state index contributed by atoms with van der Waals surface area (Å²) in [6, 6.07) is 9.71. The number of halogens is 3. The van der Waals surface area contributed by atoms with Crippen molar-refractivity contribution in [3.63, 3.8) is 0 Å². The molecule has 1 saturated heterocycles. The number of nitrogens with zero attached hydrogens (tertiary/aromatic N) is 1. The number of carbonyl (C=O) groups is 1. The van der Waals surface area contributed by atoms with Crippen LogP contribution in [0.5, 0.6) is 0 Å². The first-order valence-corrected chi connectivity index (χ1v) is 11.1. The third-order valence-corrected chi connectivity index (χ3v) is 6.84. The summed E-state index contributed by atoms with van der Waals surface area (Å²) in [6.45, 7) is 1.04. The van der Waals surface area contributed by atoms with Gasteiger partial charge in [-0.1, -0.05) is 45.2 Å². The second-order valence-corrected chi connectivity index (χ2v) is 9.21. The van der Waals surface area contributed by atoms with Gasteiger partial charge in [-0.2, -0.15) is 0 Å². The van der Waals surface area contributed by atoms with Crippen LogP contribution in [0, 0.1) is 0 Å². The molecule has 0 radical (unpaired) electrons. The smallest absolute Gasteiger partial charge is 0.291 e. The summed E-state index contributed by atoms with van der Waals surface area (Å²) in [5.41, 5.74) is 1.17. The van der Waals surface area contributed by atoms with E-state index in [4.69, 9.17) is 32.4 Å². The Balaban J connectivity index is 1.72. The van der Waals surface area contributed by atoms with Gasteiger partial charge < -0.3 is 14.1 Å². The molecule has 1 aromatic heterocycles. The van der Waals surface area contributed by atoms with Crippen molar-refractivity contribution in [2.24, 2.45) is 0 Å². The Morgan fingerprint density at radius 3 is 2.67 bits per heavy atom. The highest BCUT2D eigenvalue weighted by Crippen LogP contribution is 2.40. The Morgan fingerprint density at radius 2 is 1.93 bits per heavy atom. The van der Waals surface area contributed by atoms with Gasteiger partial charge in [0, 0.05) is 17.6 Å². The van der Waals surface area contributed by atoms with Gasteiger partial charge in [0.2, 0.25) is 5.76 Å². The number of carbonyl (C=O) groups excluding carboxylic acids is 1. The van der Waals surface area contributed by atoms with Gasteiger partial charge in [-0.3, -0.25) is 9.59 Å². The Kier molecular flexibility index (Phi) is 5.14. The van der Waals surface area contributed by atoms with E-state index in [1.165, 1.54) is 0 Å². The van der Waals surface area contributed by atoms with Gasteiger partial charge in [-0.25, -0.2) is 0 Å². The molecule has 5 nitrogen and oxygen atoms in total. The molecular weight excluding hydrogens is 493 g/mol. The molecule has 2 unspecified atom stereocenters. The molecule has 0 aliphatic carbocycles. The zero-order valence-electron chi connectivity index (χ0n) is 15.7. The summed E-state index contributed by atoms with van der Waals surface area (Å²) in [5.74, 6) is -0.248. The van der Waals surface area contributed by atoms with Gasteiger partial charge >= 0.3 is 0 Å². The van der Waals surface area contributed by atoms with Crippen LogP contribution in [-0.2, 0) is 4.74 Å². The van der Waals surface area contributed by atoms with E-state index in [-0.39, 0.29) is 23.2 Å². The van der Waals surface area contributed by atoms with Crippen molar-refractivity contribution in [2.75, 3.05) is 13.2 Å². The number of fused-ring (bicyclic) bond motifs is 2. The van der Waals surface area contributed by atoms with E-state index in [1.54, 1.807) is 41.3 Å². The predicted molar refractivity (Wildman–Crippen MR) is 118 cm³/mol. The van der Waals surface area contributed by atoms with Crippen LogP contribution in [0.4, 0.5) is 0 Å². The maximum atomic E-state index is 13.5. The molecule has 3 aromatic rings. The molecule has 2 aromatic carbocycles. The summed E-state index contributed by atoms with van der Waals surface area (Å²) in [5, 5.41) is 1.19. The maximum Gasteiger partial charge on any atom is 0.291 e. The Bertz CT molecular complexity index is 1240. The number of amides is 1. The van der Waals surface area contributed by atoms with Gasteiger partial charge in [0.15, 0.2) is 5.43 Å². The highest BCUT2D eigenvalue weighted by atomic mass is 79.9. The molecule has 0 saturated carbocycles. The minimum Gasteiger partial charge on any atom is -0.450 e. The molecule has 1 amide bonds. The molecule has 5 rings (SSSR count). The lowest BCUT2D eigenvalue weighted by atomic mass is 9.98. The summed E-state index contributed by atoms with van der Waals surface area (Å²) >= 11 is 15.8. The number of hydrogen-bond donors (Lipinski definition) is 0. The standard InChI is InChI=1S/C22H16BrCl2NO4/c23-12-4-6-17-14(9-12)20(27)18-19(11-3-5-15(24)16(25)8-11)26(22(28)21(18)30-17)10-13-2-1-7-29-13/h3-6,8-9,13,19H,1-2,7,10H2. The fourth-order valence-electron chi connectivity index (χ4n) is 4.22. The second-order valence-electron chi connectivity index (χ2n) is 7.48. The first-order valence-electron chi connectivity index (χ1n) is 9.58. The monoisotopic (exact) mass is 507 g/mol. The summed E-state index contributed by atoms with van der Waals surface area (Å²) in [4.78, 5) is 28.5. The number of rotatable bonds is 3. The predicted octanol–water partition coefficient (Wildman–Crippen LogP) is 5.59. The minimum absolute atomic E-state index is 0.0730. The third kappa shape index (κ3) is 3.26. The second kappa shape index (κ2) is 7.68. The van der Waals surface area contributed by atoms with Gasteiger partial charge in [0.1, 0.15) is 5.58 Å². The van der Waals surface area contributed by atoms with Gasteiger partial charge in [0.05, 0.1) is 33.1 Å². The fraction of sp³-hybridized carbons (Fsp3) is 0.273. The van der Waals surface area contributed by atoms with Crippen LogP contribution >= 0.6 is 39.1 Å². The van der Waals surface area contributed by atoms with Crippen molar-refractivity contribution < 1.29 is 13.9 Å². The summed E-state index contributed by atoms with van der Waals surface area (Å²) in [6.07, 6.45) is 1.74. The molecule has 2 atom stereocenters. The van der Waals surface area contributed by atoms with Crippen LogP contribution in [0.25, 0.3) is 11.0 Å². The van der Waals surface area contributed by atoms with Crippen molar-refractivity contribution in [2.45, 2.75) is 25.0 Å². The van der Waals surface area contributed by atoms with Crippen LogP contribution in [0.1, 0.15) is 40.6 Å². The lowest BCUT2D eigenvalue weighted by Gasteiger charge is -2.27. The summed E-state index contributed by atoms with van der Waals surface area (Å²) < 4.78 is 12.5. The van der Waals surface area contributed by atoms with E-state index < -0.39 is 6.04 Å². The number of ether oxygens (including phenoxy) is 1. The molecule has 1 fully saturated rings. The van der Waals surface area contributed by atoms with E-state index in [0.29, 0.717) is 45.3 Å². The van der Waals surface area contributed by atoms with Crippen molar-refractivity contribution >= 4 is 56.0 Å². The summed E-state index contributed by atoms with van der Waals surface area (Å²) in [7, 11) is 0.